The zero-order chi connectivity index (χ0) is 10.7. The Morgan fingerprint density at radius 2 is 2.40 bits per heavy atom. The van der Waals surface area contributed by atoms with Crippen molar-refractivity contribution in [1.29, 1.82) is 5.26 Å². The number of hydrogen-bond donors (Lipinski definition) is 1. The van der Waals surface area contributed by atoms with Crippen LogP contribution in [0.3, 0.4) is 0 Å². The molecule has 0 bridgehead atoms. The second-order valence-corrected chi connectivity index (χ2v) is 3.58. The van der Waals surface area contributed by atoms with Gasteiger partial charge in [-0.1, -0.05) is 0 Å². The van der Waals surface area contributed by atoms with E-state index in [1.807, 2.05) is 0 Å². The van der Waals surface area contributed by atoms with Crippen LogP contribution in [0.1, 0.15) is 18.4 Å². The van der Waals surface area contributed by atoms with E-state index in [2.05, 4.69) is 21.6 Å². The molecule has 1 saturated carbocycles. The molecule has 0 unspecified atom stereocenters. The minimum absolute atomic E-state index is 0.338. The van der Waals surface area contributed by atoms with Gasteiger partial charge in [-0.05, 0) is 18.9 Å². The number of nitriles is 1. The summed E-state index contributed by atoms with van der Waals surface area (Å²) in [6.07, 6.45) is 3.77. The molecule has 0 radical (unpaired) electrons. The highest BCUT2D eigenvalue weighted by Gasteiger charge is 2.29. The Bertz CT molecular complexity index is 381. The van der Waals surface area contributed by atoms with Gasteiger partial charge in [0.05, 0.1) is 17.9 Å². The molecule has 2 rings (SSSR count). The highest BCUT2D eigenvalue weighted by molar-refractivity contribution is 5.51. The van der Waals surface area contributed by atoms with Crippen LogP contribution in [0.15, 0.2) is 12.3 Å². The highest BCUT2D eigenvalue weighted by Crippen LogP contribution is 2.26. The van der Waals surface area contributed by atoms with Gasteiger partial charge in [0.1, 0.15) is 6.07 Å². The van der Waals surface area contributed by atoms with Gasteiger partial charge in [-0.2, -0.15) is 10.4 Å². The molecule has 1 aromatic rings. The molecule has 0 atom stereocenters. The lowest BCUT2D eigenvalue weighted by Gasteiger charge is -2.34. The van der Waals surface area contributed by atoms with Crippen LogP contribution >= 0.6 is 0 Å². The lowest BCUT2D eigenvalue weighted by Crippen LogP contribution is -2.40. The Balaban J connectivity index is 1.97. The predicted molar refractivity (Wildman–Crippen MR) is 54.2 cm³/mol. The van der Waals surface area contributed by atoms with Crippen molar-refractivity contribution in [2.24, 2.45) is 0 Å². The maximum absolute atomic E-state index is 8.84. The summed E-state index contributed by atoms with van der Waals surface area (Å²) in [7, 11) is 1.71. The molecule has 1 aliphatic carbocycles. The lowest BCUT2D eigenvalue weighted by atomic mass is 9.89. The van der Waals surface area contributed by atoms with Gasteiger partial charge in [-0.25, -0.2) is 0 Å². The van der Waals surface area contributed by atoms with Gasteiger partial charge in [-0.3, -0.25) is 0 Å². The highest BCUT2D eigenvalue weighted by atomic mass is 16.5. The van der Waals surface area contributed by atoms with E-state index in [1.54, 1.807) is 13.2 Å². The quantitative estimate of drug-likeness (QED) is 0.793. The summed E-state index contributed by atoms with van der Waals surface area (Å²) in [5, 5.41) is 19.7. The van der Waals surface area contributed by atoms with Crippen LogP contribution in [0, 0.1) is 11.3 Å². The monoisotopic (exact) mass is 204 g/mol. The smallest absolute Gasteiger partial charge is 0.166 e. The first kappa shape index (κ1) is 9.87. The van der Waals surface area contributed by atoms with Gasteiger partial charge in [0, 0.05) is 13.2 Å². The summed E-state index contributed by atoms with van der Waals surface area (Å²) in [6, 6.07) is 4.08. The summed E-state index contributed by atoms with van der Waals surface area (Å²) < 4.78 is 5.17. The topological polar surface area (TPSA) is 70.8 Å². The van der Waals surface area contributed by atoms with Crippen molar-refractivity contribution in [3.63, 3.8) is 0 Å². The minimum Gasteiger partial charge on any atom is -0.381 e. The Labute approximate surface area is 88.1 Å². The molecule has 5 heteroatoms. The fourth-order valence-corrected chi connectivity index (χ4v) is 1.60. The first-order chi connectivity index (χ1) is 7.33. The molecule has 0 aliphatic heterocycles. The molecule has 5 nitrogen and oxygen atoms in total. The number of aromatic nitrogens is 2. The van der Waals surface area contributed by atoms with Crippen LogP contribution in [0.5, 0.6) is 0 Å². The second-order valence-electron chi connectivity index (χ2n) is 3.58. The SMILES string of the molecule is COC1CC(Nc2nnccc2C#N)C1. The van der Waals surface area contributed by atoms with Gasteiger partial charge < -0.3 is 10.1 Å². The molecule has 1 aromatic heterocycles. The van der Waals surface area contributed by atoms with Crippen LogP contribution in [-0.2, 0) is 4.74 Å². The molecule has 0 saturated heterocycles. The van der Waals surface area contributed by atoms with E-state index in [4.69, 9.17) is 10.00 Å². The van der Waals surface area contributed by atoms with E-state index < -0.39 is 0 Å². The third kappa shape index (κ3) is 2.05. The third-order valence-electron chi connectivity index (χ3n) is 2.61. The number of nitrogens with zero attached hydrogens (tertiary/aromatic N) is 3. The van der Waals surface area contributed by atoms with Crippen molar-refractivity contribution in [1.82, 2.24) is 10.2 Å². The number of anilines is 1. The summed E-state index contributed by atoms with van der Waals surface area (Å²) >= 11 is 0. The molecule has 0 amide bonds. The second kappa shape index (κ2) is 4.24. The molecule has 15 heavy (non-hydrogen) atoms. The summed E-state index contributed by atoms with van der Waals surface area (Å²) in [6.45, 7) is 0. The fourth-order valence-electron chi connectivity index (χ4n) is 1.60. The number of rotatable bonds is 3. The average molecular weight is 204 g/mol. The van der Waals surface area contributed by atoms with Crippen molar-refractivity contribution in [3.05, 3.63) is 17.8 Å². The molecule has 1 fully saturated rings. The molecule has 0 aromatic carbocycles. The van der Waals surface area contributed by atoms with Gasteiger partial charge in [0.25, 0.3) is 0 Å². The minimum atomic E-state index is 0.338. The molecule has 1 aliphatic rings. The zero-order valence-corrected chi connectivity index (χ0v) is 8.47. The van der Waals surface area contributed by atoms with Crippen LogP contribution in [0.25, 0.3) is 0 Å². The largest absolute Gasteiger partial charge is 0.381 e. The molecule has 1 N–H and O–H groups in total. The average Bonchev–Trinajstić information content (AvgIpc) is 2.23. The normalized spacial score (nSPS) is 24.0. The predicted octanol–water partition coefficient (Wildman–Crippen LogP) is 0.938. The van der Waals surface area contributed by atoms with E-state index in [0.29, 0.717) is 23.5 Å². The third-order valence-corrected chi connectivity index (χ3v) is 2.61. The maximum Gasteiger partial charge on any atom is 0.166 e. The molecular weight excluding hydrogens is 192 g/mol. The first-order valence-electron chi connectivity index (χ1n) is 4.84. The van der Waals surface area contributed by atoms with Gasteiger partial charge >= 0.3 is 0 Å². The lowest BCUT2D eigenvalue weighted by molar-refractivity contribution is 0.0327. The number of ether oxygens (including phenoxy) is 1. The van der Waals surface area contributed by atoms with Crippen molar-refractivity contribution in [2.75, 3.05) is 12.4 Å². The standard InChI is InChI=1S/C10H12N4O/c1-15-9-4-8(5-9)13-10-7(6-11)2-3-12-14-10/h2-3,8-9H,4-5H2,1H3,(H,13,14). The van der Waals surface area contributed by atoms with E-state index in [-0.39, 0.29) is 0 Å². The van der Waals surface area contributed by atoms with Crippen LogP contribution in [-0.4, -0.2) is 29.5 Å². The van der Waals surface area contributed by atoms with E-state index in [0.717, 1.165) is 12.8 Å². The molecule has 78 valence electrons. The number of hydrogen-bond acceptors (Lipinski definition) is 5. The van der Waals surface area contributed by atoms with Crippen LogP contribution in [0.4, 0.5) is 5.82 Å². The molecule has 0 spiro atoms. The van der Waals surface area contributed by atoms with E-state index in [9.17, 15) is 0 Å². The maximum atomic E-state index is 8.84. The van der Waals surface area contributed by atoms with Crippen molar-refractivity contribution < 1.29 is 4.74 Å². The Morgan fingerprint density at radius 1 is 1.60 bits per heavy atom. The Kier molecular flexibility index (Phi) is 2.79. The number of nitrogens with one attached hydrogen (secondary N) is 1. The van der Waals surface area contributed by atoms with Crippen LogP contribution < -0.4 is 5.32 Å². The van der Waals surface area contributed by atoms with E-state index in [1.165, 1.54) is 6.20 Å². The Hall–Kier alpha value is -1.67. The zero-order valence-electron chi connectivity index (χ0n) is 8.47. The van der Waals surface area contributed by atoms with Crippen LogP contribution in [0.2, 0.25) is 0 Å². The number of methoxy groups -OCH3 is 1. The molecular formula is C10H12N4O. The van der Waals surface area contributed by atoms with Gasteiger partial charge in [0.15, 0.2) is 5.82 Å². The van der Waals surface area contributed by atoms with Crippen molar-refractivity contribution >= 4 is 5.82 Å². The Morgan fingerprint density at radius 3 is 3.07 bits per heavy atom. The van der Waals surface area contributed by atoms with Crippen molar-refractivity contribution in [3.8, 4) is 6.07 Å². The fraction of sp³-hybridized carbons (Fsp3) is 0.500. The first-order valence-corrected chi connectivity index (χ1v) is 4.84. The summed E-state index contributed by atoms with van der Waals surface area (Å²) in [5.41, 5.74) is 0.533. The summed E-state index contributed by atoms with van der Waals surface area (Å²) in [4.78, 5) is 0. The van der Waals surface area contributed by atoms with Gasteiger partial charge in [0.2, 0.25) is 0 Å². The molecule has 1 heterocycles. The summed E-state index contributed by atoms with van der Waals surface area (Å²) in [5.74, 6) is 0.569. The van der Waals surface area contributed by atoms with Gasteiger partial charge in [-0.15, -0.1) is 5.10 Å². The van der Waals surface area contributed by atoms with E-state index >= 15 is 0 Å². The van der Waals surface area contributed by atoms with Crippen molar-refractivity contribution in [2.45, 2.75) is 25.0 Å².